The van der Waals surface area contributed by atoms with Crippen LogP contribution in [-0.2, 0) is 20.2 Å². The number of hydrogen-bond donors (Lipinski definition) is 1. The van der Waals surface area contributed by atoms with E-state index in [0.29, 0.717) is 31.5 Å². The van der Waals surface area contributed by atoms with Crippen LogP contribution in [0.4, 0.5) is 5.69 Å². The Kier molecular flexibility index (Phi) is 7.30. The second kappa shape index (κ2) is 10.2. The average Bonchev–Trinajstić information content (AvgIpc) is 2.80. The molecular formula is C24H29N3O6S. The molecule has 9 nitrogen and oxygen atoms in total. The third-order valence-corrected chi connectivity index (χ3v) is 8.22. The van der Waals surface area contributed by atoms with Crippen molar-refractivity contribution in [2.24, 2.45) is 0 Å². The standard InChI is InChI=1S/C24H29N3O6S/c28-23(24(13-4-14-24)19-5-7-20(8-6-19)27(29)30)33-21-9-11-22(12-10-21)34(31,32)25-15-18-26-16-2-1-3-17-26/h5-12,25H,1-4,13-18H2. The fraction of sp³-hybridized carbons (Fsp3) is 0.458. The highest BCUT2D eigenvalue weighted by Gasteiger charge is 2.47. The fourth-order valence-electron chi connectivity index (χ4n) is 4.54. The van der Waals surface area contributed by atoms with Gasteiger partial charge in [-0.25, -0.2) is 13.1 Å². The molecule has 0 aromatic heterocycles. The normalized spacial score (nSPS) is 18.1. The second-order valence-electron chi connectivity index (χ2n) is 8.90. The number of hydrogen-bond acceptors (Lipinski definition) is 7. The third-order valence-electron chi connectivity index (χ3n) is 6.74. The van der Waals surface area contributed by atoms with Gasteiger partial charge in [0.25, 0.3) is 5.69 Å². The molecule has 1 aliphatic carbocycles. The Bertz CT molecular complexity index is 1120. The van der Waals surface area contributed by atoms with Gasteiger partial charge in [-0.3, -0.25) is 14.9 Å². The van der Waals surface area contributed by atoms with Gasteiger partial charge in [-0.05, 0) is 68.6 Å². The van der Waals surface area contributed by atoms with Crippen molar-refractivity contribution >= 4 is 21.7 Å². The number of ether oxygens (including phenoxy) is 1. The zero-order valence-electron chi connectivity index (χ0n) is 18.9. The van der Waals surface area contributed by atoms with Crippen LogP contribution >= 0.6 is 0 Å². The maximum Gasteiger partial charge on any atom is 0.321 e. The number of sulfonamides is 1. The van der Waals surface area contributed by atoms with Crippen molar-refractivity contribution in [3.8, 4) is 5.75 Å². The number of likely N-dealkylation sites (tertiary alicyclic amines) is 1. The summed E-state index contributed by atoms with van der Waals surface area (Å²) in [5.41, 5.74) is -0.185. The Morgan fingerprint density at radius 1 is 1.00 bits per heavy atom. The van der Waals surface area contributed by atoms with Crippen molar-refractivity contribution in [1.82, 2.24) is 9.62 Å². The Hall–Kier alpha value is -2.82. The van der Waals surface area contributed by atoms with Gasteiger partial charge < -0.3 is 9.64 Å². The third kappa shape index (κ3) is 5.29. The van der Waals surface area contributed by atoms with E-state index in [1.54, 1.807) is 12.1 Å². The number of carbonyl (C=O) groups excluding carboxylic acids is 1. The number of nitro benzene ring substituents is 1. The number of nitro groups is 1. The molecule has 2 fully saturated rings. The van der Waals surface area contributed by atoms with E-state index in [9.17, 15) is 23.3 Å². The Labute approximate surface area is 199 Å². The summed E-state index contributed by atoms with van der Waals surface area (Å²) in [5.74, 6) is -0.187. The van der Waals surface area contributed by atoms with E-state index in [4.69, 9.17) is 4.74 Å². The summed E-state index contributed by atoms with van der Waals surface area (Å²) in [5, 5.41) is 10.9. The summed E-state index contributed by atoms with van der Waals surface area (Å²) in [7, 11) is -3.65. The molecule has 0 atom stereocenters. The topological polar surface area (TPSA) is 119 Å². The lowest BCUT2D eigenvalue weighted by molar-refractivity contribution is -0.384. The molecule has 1 N–H and O–H groups in total. The molecule has 0 radical (unpaired) electrons. The lowest BCUT2D eigenvalue weighted by Gasteiger charge is -2.39. The molecule has 2 aromatic rings. The van der Waals surface area contributed by atoms with Gasteiger partial charge in [0.15, 0.2) is 0 Å². The summed E-state index contributed by atoms with van der Waals surface area (Å²) in [6.07, 6.45) is 5.57. The zero-order chi connectivity index (χ0) is 24.2. The van der Waals surface area contributed by atoms with Gasteiger partial charge in [-0.15, -0.1) is 0 Å². The van der Waals surface area contributed by atoms with Gasteiger partial charge in [-0.2, -0.15) is 0 Å². The molecule has 0 amide bonds. The van der Waals surface area contributed by atoms with Crippen LogP contribution in [0.2, 0.25) is 0 Å². The van der Waals surface area contributed by atoms with E-state index in [1.165, 1.54) is 42.8 Å². The number of nitrogens with zero attached hydrogens (tertiary/aromatic N) is 2. The van der Waals surface area contributed by atoms with Crippen LogP contribution in [0.5, 0.6) is 5.75 Å². The van der Waals surface area contributed by atoms with E-state index in [2.05, 4.69) is 9.62 Å². The summed E-state index contributed by atoms with van der Waals surface area (Å²) in [4.78, 5) is 25.8. The molecule has 1 aliphatic heterocycles. The van der Waals surface area contributed by atoms with Crippen LogP contribution in [0.1, 0.15) is 44.1 Å². The Morgan fingerprint density at radius 3 is 2.21 bits per heavy atom. The number of carbonyl (C=O) groups is 1. The summed E-state index contributed by atoms with van der Waals surface area (Å²) < 4.78 is 33.4. The molecule has 1 heterocycles. The van der Waals surface area contributed by atoms with Crippen molar-refractivity contribution in [3.63, 3.8) is 0 Å². The smallest absolute Gasteiger partial charge is 0.321 e. The zero-order valence-corrected chi connectivity index (χ0v) is 19.8. The van der Waals surface area contributed by atoms with E-state index < -0.39 is 26.3 Å². The number of non-ortho nitro benzene ring substituents is 1. The minimum atomic E-state index is -3.65. The summed E-state index contributed by atoms with van der Waals surface area (Å²) in [6.45, 7) is 3.03. The molecule has 1 saturated carbocycles. The quantitative estimate of drug-likeness (QED) is 0.249. The molecule has 34 heavy (non-hydrogen) atoms. The van der Waals surface area contributed by atoms with Crippen LogP contribution in [0.15, 0.2) is 53.4 Å². The first-order valence-corrected chi connectivity index (χ1v) is 13.1. The van der Waals surface area contributed by atoms with Gasteiger partial charge in [-0.1, -0.05) is 25.0 Å². The number of esters is 1. The van der Waals surface area contributed by atoms with Crippen molar-refractivity contribution in [1.29, 1.82) is 0 Å². The van der Waals surface area contributed by atoms with Crippen LogP contribution in [0.25, 0.3) is 0 Å². The van der Waals surface area contributed by atoms with E-state index in [-0.39, 0.29) is 16.3 Å². The Morgan fingerprint density at radius 2 is 1.65 bits per heavy atom. The molecule has 4 rings (SSSR count). The van der Waals surface area contributed by atoms with Gasteiger partial charge in [0.1, 0.15) is 5.75 Å². The summed E-state index contributed by atoms with van der Waals surface area (Å²) in [6, 6.07) is 11.8. The highest BCUT2D eigenvalue weighted by molar-refractivity contribution is 7.89. The van der Waals surface area contributed by atoms with Gasteiger partial charge in [0.05, 0.1) is 15.2 Å². The molecule has 0 bridgehead atoms. The number of benzene rings is 2. The predicted molar refractivity (Wildman–Crippen MR) is 126 cm³/mol. The maximum absolute atomic E-state index is 13.0. The van der Waals surface area contributed by atoms with Gasteiger partial charge in [0.2, 0.25) is 10.0 Å². The molecule has 0 unspecified atom stereocenters. The maximum atomic E-state index is 13.0. The van der Waals surface area contributed by atoms with Gasteiger partial charge in [0, 0.05) is 25.2 Å². The van der Waals surface area contributed by atoms with Crippen molar-refractivity contribution in [3.05, 3.63) is 64.2 Å². The average molecular weight is 488 g/mol. The van der Waals surface area contributed by atoms with Crippen molar-refractivity contribution < 1.29 is 22.9 Å². The number of nitrogens with one attached hydrogen (secondary N) is 1. The van der Waals surface area contributed by atoms with Crippen LogP contribution < -0.4 is 9.46 Å². The lowest BCUT2D eigenvalue weighted by atomic mass is 9.64. The van der Waals surface area contributed by atoms with E-state index >= 15 is 0 Å². The predicted octanol–water partition coefficient (Wildman–Crippen LogP) is 3.39. The molecular weight excluding hydrogens is 458 g/mol. The molecule has 0 spiro atoms. The largest absolute Gasteiger partial charge is 0.426 e. The monoisotopic (exact) mass is 487 g/mol. The molecule has 1 saturated heterocycles. The molecule has 10 heteroatoms. The van der Waals surface area contributed by atoms with Crippen LogP contribution in [0.3, 0.4) is 0 Å². The van der Waals surface area contributed by atoms with Crippen LogP contribution in [-0.4, -0.2) is 50.4 Å². The van der Waals surface area contributed by atoms with E-state index in [0.717, 1.165) is 32.4 Å². The fourth-order valence-corrected chi connectivity index (χ4v) is 5.56. The van der Waals surface area contributed by atoms with E-state index in [1.807, 2.05) is 0 Å². The summed E-state index contributed by atoms with van der Waals surface area (Å²) >= 11 is 0. The first kappa shape index (κ1) is 24.3. The molecule has 182 valence electrons. The number of rotatable bonds is 9. The van der Waals surface area contributed by atoms with Gasteiger partial charge >= 0.3 is 5.97 Å². The molecule has 2 aliphatic rings. The highest BCUT2D eigenvalue weighted by Crippen LogP contribution is 2.45. The lowest BCUT2D eigenvalue weighted by Crippen LogP contribution is -2.45. The van der Waals surface area contributed by atoms with Crippen molar-refractivity contribution in [2.75, 3.05) is 26.2 Å². The Balaban J connectivity index is 1.37. The molecule has 2 aromatic carbocycles. The first-order valence-electron chi connectivity index (χ1n) is 11.6. The first-order chi connectivity index (χ1) is 16.3. The SMILES string of the molecule is O=C(Oc1ccc(S(=O)(=O)NCCN2CCCCC2)cc1)C1(c2ccc([N+](=O)[O-])cc2)CCC1. The minimum absolute atomic E-state index is 0.0343. The highest BCUT2D eigenvalue weighted by atomic mass is 32.2. The minimum Gasteiger partial charge on any atom is -0.426 e. The van der Waals surface area contributed by atoms with Crippen LogP contribution in [0, 0.1) is 10.1 Å². The van der Waals surface area contributed by atoms with Crippen molar-refractivity contribution in [2.45, 2.75) is 48.8 Å². The second-order valence-corrected chi connectivity index (χ2v) is 10.7. The number of piperidine rings is 1.